The molecule has 1 aromatic heterocycles. The Bertz CT molecular complexity index is 489. The SMILES string of the molecule is CC(C)c1c(C(F)(F)F)[nH]c(C#N)c1C#N.[Li]. The molecular formula is C10H8F3LiN3. The summed E-state index contributed by atoms with van der Waals surface area (Å²) < 4.78 is 37.9. The Morgan fingerprint density at radius 3 is 2.00 bits per heavy atom. The largest absolute Gasteiger partial charge is 0.431 e. The minimum Gasteiger partial charge on any atom is -0.341 e. The summed E-state index contributed by atoms with van der Waals surface area (Å²) in [5.74, 6) is -0.482. The third-order valence-electron chi connectivity index (χ3n) is 2.12. The van der Waals surface area contributed by atoms with E-state index in [1.165, 1.54) is 0 Å². The van der Waals surface area contributed by atoms with Gasteiger partial charge in [0.05, 0.1) is 5.56 Å². The number of H-pyrrole nitrogens is 1. The molecule has 1 aromatic rings. The molecule has 0 spiro atoms. The third-order valence-corrected chi connectivity index (χ3v) is 2.12. The van der Waals surface area contributed by atoms with E-state index >= 15 is 0 Å². The number of halogens is 3. The number of hydrogen-bond donors (Lipinski definition) is 1. The third kappa shape index (κ3) is 2.85. The second kappa shape index (κ2) is 5.32. The van der Waals surface area contributed by atoms with E-state index in [0.717, 1.165) is 0 Å². The van der Waals surface area contributed by atoms with Crippen LogP contribution in [0, 0.1) is 22.7 Å². The van der Waals surface area contributed by atoms with E-state index in [4.69, 9.17) is 10.5 Å². The first-order valence-electron chi connectivity index (χ1n) is 4.46. The fourth-order valence-corrected chi connectivity index (χ4v) is 1.52. The molecule has 0 saturated heterocycles. The van der Waals surface area contributed by atoms with E-state index in [-0.39, 0.29) is 35.7 Å². The number of aromatic amines is 1. The molecule has 0 amide bonds. The quantitative estimate of drug-likeness (QED) is 0.758. The minimum absolute atomic E-state index is 0. The Morgan fingerprint density at radius 2 is 1.71 bits per heavy atom. The maximum atomic E-state index is 12.6. The van der Waals surface area contributed by atoms with Gasteiger partial charge in [0.15, 0.2) is 0 Å². The van der Waals surface area contributed by atoms with Gasteiger partial charge < -0.3 is 4.98 Å². The Morgan fingerprint density at radius 1 is 1.18 bits per heavy atom. The maximum absolute atomic E-state index is 12.6. The number of nitriles is 2. The number of alkyl halides is 3. The van der Waals surface area contributed by atoms with E-state index in [2.05, 4.69) is 0 Å². The van der Waals surface area contributed by atoms with Gasteiger partial charge >= 0.3 is 6.18 Å². The molecule has 0 atom stereocenters. The fourth-order valence-electron chi connectivity index (χ4n) is 1.52. The molecule has 1 N–H and O–H groups in total. The Labute approximate surface area is 108 Å². The fraction of sp³-hybridized carbons (Fsp3) is 0.400. The van der Waals surface area contributed by atoms with Crippen LogP contribution < -0.4 is 0 Å². The second-order valence-electron chi connectivity index (χ2n) is 3.54. The van der Waals surface area contributed by atoms with Crippen LogP contribution in [0.3, 0.4) is 0 Å². The Balaban J connectivity index is 0.00000256. The zero-order valence-corrected chi connectivity index (χ0v) is 9.61. The summed E-state index contributed by atoms with van der Waals surface area (Å²) in [7, 11) is 0. The average Bonchev–Trinajstić information content (AvgIpc) is 2.54. The molecule has 0 aliphatic heterocycles. The number of hydrogen-bond acceptors (Lipinski definition) is 2. The predicted octanol–water partition coefficient (Wildman–Crippen LogP) is 2.52. The molecule has 1 rings (SSSR count). The summed E-state index contributed by atoms with van der Waals surface area (Å²) >= 11 is 0. The van der Waals surface area contributed by atoms with Crippen LogP contribution in [0.2, 0.25) is 0 Å². The first-order valence-corrected chi connectivity index (χ1v) is 4.46. The van der Waals surface area contributed by atoms with Crippen LogP contribution in [0.5, 0.6) is 0 Å². The number of rotatable bonds is 1. The van der Waals surface area contributed by atoms with Crippen molar-refractivity contribution in [3.63, 3.8) is 0 Å². The topological polar surface area (TPSA) is 63.4 Å². The molecule has 17 heavy (non-hydrogen) atoms. The summed E-state index contributed by atoms with van der Waals surface area (Å²) in [4.78, 5) is 1.96. The van der Waals surface area contributed by atoms with Gasteiger partial charge in [-0.05, 0) is 5.92 Å². The normalized spacial score (nSPS) is 10.6. The molecule has 0 saturated carbocycles. The molecule has 0 aliphatic rings. The molecule has 1 radical (unpaired) electrons. The van der Waals surface area contributed by atoms with Gasteiger partial charge in [0.2, 0.25) is 0 Å². The maximum Gasteiger partial charge on any atom is 0.431 e. The van der Waals surface area contributed by atoms with Crippen molar-refractivity contribution in [2.75, 3.05) is 0 Å². The minimum atomic E-state index is -4.58. The summed E-state index contributed by atoms with van der Waals surface area (Å²) in [6, 6.07) is 3.19. The number of nitrogens with one attached hydrogen (secondary N) is 1. The number of aromatic nitrogens is 1. The molecule has 0 aromatic carbocycles. The van der Waals surface area contributed by atoms with Crippen molar-refractivity contribution in [2.24, 2.45) is 0 Å². The van der Waals surface area contributed by atoms with E-state index in [9.17, 15) is 13.2 Å². The van der Waals surface area contributed by atoms with Crippen molar-refractivity contribution >= 4 is 18.9 Å². The van der Waals surface area contributed by atoms with Gasteiger partial charge in [-0.25, -0.2) is 0 Å². The van der Waals surface area contributed by atoms with Crippen molar-refractivity contribution < 1.29 is 13.2 Å². The summed E-state index contributed by atoms with van der Waals surface area (Å²) in [6.07, 6.45) is -4.58. The van der Waals surface area contributed by atoms with Gasteiger partial charge in [-0.1, -0.05) is 13.8 Å². The van der Waals surface area contributed by atoms with Crippen LogP contribution in [0.1, 0.15) is 42.3 Å². The van der Waals surface area contributed by atoms with E-state index in [0.29, 0.717) is 0 Å². The molecule has 0 bridgehead atoms. The monoisotopic (exact) mass is 234 g/mol. The average molecular weight is 234 g/mol. The van der Waals surface area contributed by atoms with Gasteiger partial charge in [-0.3, -0.25) is 0 Å². The second-order valence-corrected chi connectivity index (χ2v) is 3.54. The van der Waals surface area contributed by atoms with Crippen LogP contribution in [0.25, 0.3) is 0 Å². The first kappa shape index (κ1) is 15.6. The van der Waals surface area contributed by atoms with Crippen molar-refractivity contribution in [2.45, 2.75) is 25.9 Å². The molecule has 3 nitrogen and oxygen atoms in total. The zero-order valence-electron chi connectivity index (χ0n) is 9.61. The van der Waals surface area contributed by atoms with E-state index in [1.807, 2.05) is 4.98 Å². The molecular weight excluding hydrogens is 226 g/mol. The Hall–Kier alpha value is -1.35. The van der Waals surface area contributed by atoms with E-state index in [1.54, 1.807) is 26.0 Å². The Kier molecular flexibility index (Phi) is 4.90. The van der Waals surface area contributed by atoms with Crippen LogP contribution in [0.15, 0.2) is 0 Å². The van der Waals surface area contributed by atoms with Crippen molar-refractivity contribution in [3.05, 3.63) is 22.5 Å². The molecule has 0 unspecified atom stereocenters. The van der Waals surface area contributed by atoms with Crippen LogP contribution in [0.4, 0.5) is 13.2 Å². The van der Waals surface area contributed by atoms with Crippen LogP contribution >= 0.6 is 0 Å². The number of nitrogens with zero attached hydrogens (tertiary/aromatic N) is 2. The van der Waals surface area contributed by atoms with Gasteiger partial charge in [0.1, 0.15) is 23.5 Å². The summed E-state index contributed by atoms with van der Waals surface area (Å²) in [5.41, 5.74) is -1.70. The van der Waals surface area contributed by atoms with E-state index < -0.39 is 17.8 Å². The predicted molar refractivity (Wildman–Crippen MR) is 55.1 cm³/mol. The summed E-state index contributed by atoms with van der Waals surface area (Å²) in [5, 5.41) is 17.4. The molecule has 1 heterocycles. The smallest absolute Gasteiger partial charge is 0.341 e. The zero-order chi connectivity index (χ0) is 12.5. The van der Waals surface area contributed by atoms with Gasteiger partial charge in [-0.15, -0.1) is 0 Å². The molecule has 0 fully saturated rings. The van der Waals surface area contributed by atoms with Gasteiger partial charge in [0, 0.05) is 24.4 Å². The van der Waals surface area contributed by atoms with Crippen LogP contribution in [-0.4, -0.2) is 23.8 Å². The van der Waals surface area contributed by atoms with Gasteiger partial charge in [-0.2, -0.15) is 23.7 Å². The van der Waals surface area contributed by atoms with Gasteiger partial charge in [0.25, 0.3) is 0 Å². The van der Waals surface area contributed by atoms with Crippen molar-refractivity contribution in [3.8, 4) is 12.1 Å². The first-order chi connectivity index (χ1) is 7.32. The molecule has 0 aliphatic carbocycles. The summed E-state index contributed by atoms with van der Waals surface area (Å²) in [6.45, 7) is 3.08. The van der Waals surface area contributed by atoms with Crippen LogP contribution in [-0.2, 0) is 6.18 Å². The molecule has 85 valence electrons. The standard InChI is InChI=1S/C10H8F3N3.Li/c1-5(2)8-6(3-14)7(4-15)16-9(8)10(11,12)13;/h5,16H,1-2H3;. The molecule has 7 heteroatoms. The van der Waals surface area contributed by atoms with Crippen molar-refractivity contribution in [1.82, 2.24) is 4.98 Å². The van der Waals surface area contributed by atoms with Crippen molar-refractivity contribution in [1.29, 1.82) is 10.5 Å².